The van der Waals surface area contributed by atoms with E-state index in [1.165, 1.54) is 0 Å². The Morgan fingerprint density at radius 2 is 1.08 bits per heavy atom. The van der Waals surface area contributed by atoms with Gasteiger partial charge in [0.05, 0.1) is 0 Å². The molecule has 0 heterocycles. The summed E-state index contributed by atoms with van der Waals surface area (Å²) in [5.74, 6) is -0.862. The summed E-state index contributed by atoms with van der Waals surface area (Å²) in [6.07, 6.45) is 0. The molecular weight excluding hydrogens is 152 g/mol. The molecule has 0 spiro atoms. The van der Waals surface area contributed by atoms with E-state index in [2.05, 4.69) is 0 Å². The van der Waals surface area contributed by atoms with Crippen molar-refractivity contribution in [1.82, 2.24) is 0 Å². The van der Waals surface area contributed by atoms with E-state index < -0.39 is 0 Å². The van der Waals surface area contributed by atoms with Gasteiger partial charge in [0.1, 0.15) is 0 Å². The Hall–Kier alpha value is -0.920. The van der Waals surface area contributed by atoms with Crippen molar-refractivity contribution in [2.24, 2.45) is 11.8 Å². The molecule has 2 unspecified atom stereocenters. The highest BCUT2D eigenvalue weighted by atomic mass is 16.2. The SMILES string of the molecule is CC1=C(C)C(C)C(=O)C(=O)C1C. The van der Waals surface area contributed by atoms with Crippen LogP contribution >= 0.6 is 0 Å². The van der Waals surface area contributed by atoms with Crippen LogP contribution in [0, 0.1) is 11.8 Å². The van der Waals surface area contributed by atoms with Crippen LogP contribution in [0.3, 0.4) is 0 Å². The molecule has 2 heteroatoms. The quantitative estimate of drug-likeness (QED) is 0.406. The third-order valence-electron chi connectivity index (χ3n) is 2.95. The van der Waals surface area contributed by atoms with Gasteiger partial charge in [-0.15, -0.1) is 0 Å². The van der Waals surface area contributed by atoms with Crippen molar-refractivity contribution in [2.75, 3.05) is 0 Å². The summed E-state index contributed by atoms with van der Waals surface area (Å²) in [7, 11) is 0. The Morgan fingerprint density at radius 1 is 0.833 bits per heavy atom. The van der Waals surface area contributed by atoms with Gasteiger partial charge in [0.25, 0.3) is 0 Å². The molecular formula is C10H14O2. The summed E-state index contributed by atoms with van der Waals surface area (Å²) in [5.41, 5.74) is 2.12. The Morgan fingerprint density at radius 3 is 1.33 bits per heavy atom. The van der Waals surface area contributed by atoms with Crippen molar-refractivity contribution >= 4 is 11.6 Å². The van der Waals surface area contributed by atoms with Crippen LogP contribution in [-0.4, -0.2) is 11.6 Å². The van der Waals surface area contributed by atoms with Gasteiger partial charge in [-0.25, -0.2) is 0 Å². The van der Waals surface area contributed by atoms with Crippen LogP contribution in [0.2, 0.25) is 0 Å². The summed E-state index contributed by atoms with van der Waals surface area (Å²) < 4.78 is 0. The minimum Gasteiger partial charge on any atom is -0.290 e. The number of carbonyl (C=O) groups excluding carboxylic acids is 2. The van der Waals surface area contributed by atoms with Crippen LogP contribution in [0.4, 0.5) is 0 Å². The van der Waals surface area contributed by atoms with Gasteiger partial charge < -0.3 is 0 Å². The molecule has 0 bridgehead atoms. The Bertz CT molecular complexity index is 246. The fraction of sp³-hybridized carbons (Fsp3) is 0.600. The van der Waals surface area contributed by atoms with Gasteiger partial charge in [-0.3, -0.25) is 9.59 Å². The van der Waals surface area contributed by atoms with Gasteiger partial charge in [0.2, 0.25) is 11.6 Å². The lowest BCUT2D eigenvalue weighted by atomic mass is 9.78. The van der Waals surface area contributed by atoms with Gasteiger partial charge in [-0.05, 0) is 13.8 Å². The molecule has 0 aliphatic heterocycles. The summed E-state index contributed by atoms with van der Waals surface area (Å²) in [4.78, 5) is 22.6. The van der Waals surface area contributed by atoms with E-state index in [0.29, 0.717) is 0 Å². The molecule has 1 aliphatic carbocycles. The van der Waals surface area contributed by atoms with Gasteiger partial charge >= 0.3 is 0 Å². The zero-order chi connectivity index (χ0) is 9.46. The second-order valence-corrected chi connectivity index (χ2v) is 3.54. The highest BCUT2D eigenvalue weighted by Crippen LogP contribution is 2.28. The van der Waals surface area contributed by atoms with Crippen LogP contribution in [0.5, 0.6) is 0 Å². The number of hydrogen-bond donors (Lipinski definition) is 0. The van der Waals surface area contributed by atoms with Crippen LogP contribution in [0.15, 0.2) is 11.1 Å². The second kappa shape index (κ2) is 2.85. The van der Waals surface area contributed by atoms with Gasteiger partial charge in [-0.1, -0.05) is 25.0 Å². The molecule has 0 aromatic rings. The maximum Gasteiger partial charge on any atom is 0.205 e. The molecule has 1 aliphatic rings. The average Bonchev–Trinajstić information content (AvgIpc) is 2.08. The fourth-order valence-corrected chi connectivity index (χ4v) is 1.50. The van der Waals surface area contributed by atoms with E-state index >= 15 is 0 Å². The number of ketones is 2. The number of carbonyl (C=O) groups is 2. The molecule has 0 saturated heterocycles. The molecule has 0 radical (unpaired) electrons. The van der Waals surface area contributed by atoms with Crippen LogP contribution in [-0.2, 0) is 9.59 Å². The number of Topliss-reactive ketones (excluding diaryl/α,β-unsaturated/α-hetero) is 2. The lowest BCUT2D eigenvalue weighted by Gasteiger charge is -2.24. The topological polar surface area (TPSA) is 34.1 Å². The van der Waals surface area contributed by atoms with Crippen molar-refractivity contribution < 1.29 is 9.59 Å². The minimum atomic E-state index is -0.231. The van der Waals surface area contributed by atoms with E-state index in [4.69, 9.17) is 0 Å². The third-order valence-corrected chi connectivity index (χ3v) is 2.95. The van der Waals surface area contributed by atoms with Gasteiger partial charge in [0.15, 0.2) is 0 Å². The van der Waals surface area contributed by atoms with Crippen molar-refractivity contribution in [3.8, 4) is 0 Å². The summed E-state index contributed by atoms with van der Waals surface area (Å²) in [6.45, 7) is 7.46. The lowest BCUT2D eigenvalue weighted by molar-refractivity contribution is -0.140. The number of allylic oxidation sites excluding steroid dienone is 2. The molecule has 0 aromatic heterocycles. The molecule has 66 valence electrons. The third kappa shape index (κ3) is 1.11. The first-order valence-electron chi connectivity index (χ1n) is 4.22. The first kappa shape index (κ1) is 9.17. The summed E-state index contributed by atoms with van der Waals surface area (Å²) in [5, 5.41) is 0. The van der Waals surface area contributed by atoms with Crippen LogP contribution in [0.25, 0.3) is 0 Å². The normalized spacial score (nSPS) is 31.3. The molecule has 0 amide bonds. The molecule has 0 fully saturated rings. The highest BCUT2D eigenvalue weighted by Gasteiger charge is 2.33. The molecule has 1 rings (SSSR count). The summed E-state index contributed by atoms with van der Waals surface area (Å²) >= 11 is 0. The highest BCUT2D eigenvalue weighted by molar-refractivity contribution is 6.40. The monoisotopic (exact) mass is 166 g/mol. The Balaban J connectivity index is 3.17. The zero-order valence-electron chi connectivity index (χ0n) is 7.97. The molecule has 0 saturated carbocycles. The zero-order valence-corrected chi connectivity index (χ0v) is 7.97. The first-order chi connectivity index (χ1) is 5.46. The van der Waals surface area contributed by atoms with Gasteiger partial charge in [-0.2, -0.15) is 0 Å². The molecule has 12 heavy (non-hydrogen) atoms. The van der Waals surface area contributed by atoms with Crippen molar-refractivity contribution in [3.05, 3.63) is 11.1 Å². The Kier molecular flexibility index (Phi) is 2.18. The smallest absolute Gasteiger partial charge is 0.205 e. The predicted molar refractivity (Wildman–Crippen MR) is 46.7 cm³/mol. The molecule has 2 atom stereocenters. The largest absolute Gasteiger partial charge is 0.290 e. The number of rotatable bonds is 0. The molecule has 0 N–H and O–H groups in total. The van der Waals surface area contributed by atoms with E-state index in [0.717, 1.165) is 11.1 Å². The van der Waals surface area contributed by atoms with Gasteiger partial charge in [0, 0.05) is 11.8 Å². The maximum absolute atomic E-state index is 11.3. The van der Waals surface area contributed by atoms with E-state index in [1.807, 2.05) is 13.8 Å². The van der Waals surface area contributed by atoms with E-state index in [1.54, 1.807) is 13.8 Å². The average molecular weight is 166 g/mol. The minimum absolute atomic E-state index is 0.200. The van der Waals surface area contributed by atoms with Crippen molar-refractivity contribution in [2.45, 2.75) is 27.7 Å². The van der Waals surface area contributed by atoms with E-state index in [9.17, 15) is 9.59 Å². The standard InChI is InChI=1S/C10H14O2/c1-5-6(2)8(4)10(12)9(11)7(5)3/h7-8H,1-4H3. The second-order valence-electron chi connectivity index (χ2n) is 3.54. The fourth-order valence-electron chi connectivity index (χ4n) is 1.50. The predicted octanol–water partition coefficient (Wildman–Crippen LogP) is 1.75. The maximum atomic E-state index is 11.3. The first-order valence-corrected chi connectivity index (χ1v) is 4.22. The summed E-state index contributed by atoms with van der Waals surface area (Å²) in [6, 6.07) is 0. The van der Waals surface area contributed by atoms with E-state index in [-0.39, 0.29) is 23.4 Å². The molecule has 2 nitrogen and oxygen atoms in total. The Labute approximate surface area is 72.7 Å². The van der Waals surface area contributed by atoms with Crippen molar-refractivity contribution in [3.63, 3.8) is 0 Å². The number of hydrogen-bond acceptors (Lipinski definition) is 2. The van der Waals surface area contributed by atoms with Crippen LogP contribution < -0.4 is 0 Å². The molecule has 0 aromatic carbocycles. The van der Waals surface area contributed by atoms with Crippen LogP contribution in [0.1, 0.15) is 27.7 Å². The lowest BCUT2D eigenvalue weighted by Crippen LogP contribution is -2.33. The van der Waals surface area contributed by atoms with Crippen molar-refractivity contribution in [1.29, 1.82) is 0 Å².